The zero-order valence-corrected chi connectivity index (χ0v) is 21.6. The first kappa shape index (κ1) is 23.8. The van der Waals surface area contributed by atoms with E-state index in [1.807, 2.05) is 0 Å². The number of aromatic nitrogens is 3. The van der Waals surface area contributed by atoms with Crippen molar-refractivity contribution < 1.29 is 4.74 Å². The Morgan fingerprint density at radius 3 is 2.53 bits per heavy atom. The highest BCUT2D eigenvalue weighted by atomic mass is 32.3. The van der Waals surface area contributed by atoms with Crippen molar-refractivity contribution in [1.29, 1.82) is 0 Å². The molecule has 32 heavy (non-hydrogen) atoms. The van der Waals surface area contributed by atoms with Crippen LogP contribution in [0.15, 0.2) is 18.3 Å². The Balaban J connectivity index is 1.37. The molecule has 0 N–H and O–H groups in total. The molecule has 0 unspecified atom stereocenters. The number of hydrogen-bond acceptors (Lipinski definition) is 4. The van der Waals surface area contributed by atoms with Crippen LogP contribution in [0.4, 0.5) is 0 Å². The SMILES string of the molecule is Cc1cc(C[C@H]2CCCN(Cc3cnc(C4CC4)n3COCCS(C)(C)C)C2)cc(C)n1. The molecule has 0 radical (unpaired) electrons. The summed E-state index contributed by atoms with van der Waals surface area (Å²) in [5, 5.41) is 0. The van der Waals surface area contributed by atoms with Gasteiger partial charge in [-0.15, -0.1) is 0 Å². The summed E-state index contributed by atoms with van der Waals surface area (Å²) in [6.45, 7) is 9.04. The molecular weight excluding hydrogens is 416 g/mol. The molecule has 5 nitrogen and oxygen atoms in total. The van der Waals surface area contributed by atoms with Gasteiger partial charge in [0.1, 0.15) is 12.6 Å². The average molecular weight is 459 g/mol. The van der Waals surface area contributed by atoms with Crippen molar-refractivity contribution in [2.75, 3.05) is 44.2 Å². The molecule has 0 bridgehead atoms. The van der Waals surface area contributed by atoms with Crippen molar-refractivity contribution in [2.45, 2.75) is 65.1 Å². The zero-order chi connectivity index (χ0) is 22.7. The van der Waals surface area contributed by atoms with Gasteiger partial charge < -0.3 is 9.30 Å². The largest absolute Gasteiger partial charge is 0.360 e. The van der Waals surface area contributed by atoms with Gasteiger partial charge in [-0.3, -0.25) is 9.88 Å². The van der Waals surface area contributed by atoms with Gasteiger partial charge >= 0.3 is 0 Å². The number of nitrogens with zero attached hydrogens (tertiary/aromatic N) is 4. The lowest BCUT2D eigenvalue weighted by molar-refractivity contribution is 0.0818. The molecule has 1 saturated heterocycles. The van der Waals surface area contributed by atoms with Gasteiger partial charge in [0.25, 0.3) is 0 Å². The third-order valence-corrected chi connectivity index (χ3v) is 8.02. The van der Waals surface area contributed by atoms with E-state index in [0.29, 0.717) is 12.6 Å². The fourth-order valence-electron chi connectivity index (χ4n) is 4.90. The van der Waals surface area contributed by atoms with Crippen LogP contribution in [0.3, 0.4) is 0 Å². The Labute approximate surface area is 196 Å². The summed E-state index contributed by atoms with van der Waals surface area (Å²) in [6.07, 6.45) is 15.5. The van der Waals surface area contributed by atoms with E-state index in [-0.39, 0.29) is 0 Å². The Bertz CT molecular complexity index is 879. The number of ether oxygens (including phenoxy) is 1. The van der Waals surface area contributed by atoms with Crippen LogP contribution < -0.4 is 0 Å². The number of likely N-dealkylation sites (tertiary alicyclic amines) is 1. The summed E-state index contributed by atoms with van der Waals surface area (Å²) < 4.78 is 8.53. The maximum absolute atomic E-state index is 6.14. The Morgan fingerprint density at radius 1 is 1.09 bits per heavy atom. The van der Waals surface area contributed by atoms with Gasteiger partial charge in [-0.1, -0.05) is 0 Å². The van der Waals surface area contributed by atoms with Crippen LogP contribution >= 0.6 is 10.0 Å². The fourth-order valence-corrected chi connectivity index (χ4v) is 5.52. The zero-order valence-electron chi connectivity index (χ0n) is 20.8. The minimum Gasteiger partial charge on any atom is -0.360 e. The fraction of sp³-hybridized carbons (Fsp3) is 0.692. The second-order valence-electron chi connectivity index (χ2n) is 10.8. The Kier molecular flexibility index (Phi) is 7.63. The van der Waals surface area contributed by atoms with Crippen LogP contribution in [-0.4, -0.2) is 63.7 Å². The van der Waals surface area contributed by atoms with E-state index in [2.05, 4.69) is 65.4 Å². The monoisotopic (exact) mass is 458 g/mol. The van der Waals surface area contributed by atoms with Crippen LogP contribution in [-0.2, 0) is 24.4 Å². The van der Waals surface area contributed by atoms with Gasteiger partial charge in [-0.05, 0) is 94.9 Å². The third kappa shape index (κ3) is 6.82. The lowest BCUT2D eigenvalue weighted by atomic mass is 9.91. The molecule has 1 saturated carbocycles. The molecule has 6 heteroatoms. The smallest absolute Gasteiger partial charge is 0.124 e. The number of aryl methyl sites for hydroxylation is 2. The molecule has 3 heterocycles. The normalized spacial score (nSPS) is 20.6. The van der Waals surface area contributed by atoms with Crippen LogP contribution in [0.5, 0.6) is 0 Å². The molecule has 178 valence electrons. The van der Waals surface area contributed by atoms with E-state index in [9.17, 15) is 0 Å². The molecule has 0 amide bonds. The van der Waals surface area contributed by atoms with Gasteiger partial charge in [0.2, 0.25) is 0 Å². The molecule has 2 aromatic heterocycles. The lowest BCUT2D eigenvalue weighted by Crippen LogP contribution is -2.36. The highest BCUT2D eigenvalue weighted by Crippen LogP contribution is 2.40. The van der Waals surface area contributed by atoms with E-state index in [1.54, 1.807) is 0 Å². The molecule has 2 aromatic rings. The molecule has 1 aliphatic carbocycles. The highest BCUT2D eigenvalue weighted by Gasteiger charge is 2.30. The summed E-state index contributed by atoms with van der Waals surface area (Å²) in [5.41, 5.74) is 5.04. The van der Waals surface area contributed by atoms with Crippen LogP contribution in [0.1, 0.15) is 60.1 Å². The standard InChI is InChI=1S/C26H42N4OS/c1-20-13-23(14-21(2)28-20)15-22-7-6-10-29(17-22)18-25-16-27-26(24-8-9-24)30(25)19-31-11-12-32(3,4)5/h13-14,16,22,24H,6-12,15,17-19H2,1-5H3/t22-/m1/s1. The predicted molar refractivity (Wildman–Crippen MR) is 136 cm³/mol. The van der Waals surface area contributed by atoms with E-state index in [1.165, 1.54) is 55.9 Å². The van der Waals surface area contributed by atoms with E-state index >= 15 is 0 Å². The number of pyridine rings is 1. The van der Waals surface area contributed by atoms with Crippen molar-refractivity contribution in [3.05, 3.63) is 46.8 Å². The van der Waals surface area contributed by atoms with Crippen LogP contribution in [0, 0.1) is 19.8 Å². The van der Waals surface area contributed by atoms with Crippen molar-refractivity contribution >= 4 is 10.0 Å². The number of rotatable bonds is 10. The second kappa shape index (κ2) is 10.3. The topological polar surface area (TPSA) is 43.2 Å². The molecular formula is C26H42N4OS. The molecule has 0 aromatic carbocycles. The summed E-state index contributed by atoms with van der Waals surface area (Å²) in [6, 6.07) is 4.53. The molecule has 2 fully saturated rings. The highest BCUT2D eigenvalue weighted by molar-refractivity contribution is 8.32. The minimum atomic E-state index is -0.512. The maximum atomic E-state index is 6.14. The van der Waals surface area contributed by atoms with Gasteiger partial charge in [-0.25, -0.2) is 15.0 Å². The van der Waals surface area contributed by atoms with E-state index < -0.39 is 10.0 Å². The quantitative estimate of drug-likeness (QED) is 0.475. The summed E-state index contributed by atoms with van der Waals surface area (Å²) in [7, 11) is -0.512. The maximum Gasteiger partial charge on any atom is 0.124 e. The van der Waals surface area contributed by atoms with Crippen molar-refractivity contribution in [2.24, 2.45) is 5.92 Å². The first-order valence-corrected chi connectivity index (χ1v) is 15.2. The molecule has 1 aliphatic heterocycles. The van der Waals surface area contributed by atoms with Gasteiger partial charge in [0.15, 0.2) is 0 Å². The van der Waals surface area contributed by atoms with Crippen molar-refractivity contribution in [1.82, 2.24) is 19.4 Å². The summed E-state index contributed by atoms with van der Waals surface area (Å²) >= 11 is 0. The number of piperidine rings is 1. The van der Waals surface area contributed by atoms with Gasteiger partial charge in [0.05, 0.1) is 12.3 Å². The molecule has 0 spiro atoms. The first-order chi connectivity index (χ1) is 15.3. The Hall–Kier alpha value is -1.37. The van der Waals surface area contributed by atoms with Gasteiger partial charge in [-0.2, -0.15) is 0 Å². The first-order valence-electron chi connectivity index (χ1n) is 12.2. The predicted octanol–water partition coefficient (Wildman–Crippen LogP) is 4.90. The summed E-state index contributed by atoms with van der Waals surface area (Å²) in [5.74, 6) is 3.78. The van der Waals surface area contributed by atoms with Gasteiger partial charge in [0, 0.05) is 42.3 Å². The van der Waals surface area contributed by atoms with Crippen LogP contribution in [0.25, 0.3) is 0 Å². The molecule has 1 atom stereocenters. The van der Waals surface area contributed by atoms with Crippen molar-refractivity contribution in [3.8, 4) is 0 Å². The Morgan fingerprint density at radius 2 is 1.84 bits per heavy atom. The van der Waals surface area contributed by atoms with Crippen molar-refractivity contribution in [3.63, 3.8) is 0 Å². The molecule has 2 aliphatic rings. The van der Waals surface area contributed by atoms with E-state index in [4.69, 9.17) is 9.72 Å². The second-order valence-corrected chi connectivity index (χ2v) is 15.4. The molecule has 4 rings (SSSR count). The average Bonchev–Trinajstić information content (AvgIpc) is 3.46. The van der Waals surface area contributed by atoms with Crippen LogP contribution in [0.2, 0.25) is 0 Å². The van der Waals surface area contributed by atoms with E-state index in [0.717, 1.165) is 42.6 Å². The number of hydrogen-bond donors (Lipinski definition) is 0. The number of imidazole rings is 1. The lowest BCUT2D eigenvalue weighted by Gasteiger charge is -2.33. The third-order valence-electron chi connectivity index (χ3n) is 6.63. The minimum absolute atomic E-state index is 0.512. The summed E-state index contributed by atoms with van der Waals surface area (Å²) in [4.78, 5) is 12.0.